The van der Waals surface area contributed by atoms with Gasteiger partial charge in [0.05, 0.1) is 18.0 Å². The molecule has 1 amide bonds. The number of benzene rings is 1. The fourth-order valence-electron chi connectivity index (χ4n) is 2.92. The number of para-hydroxylation sites is 2. The Balaban J connectivity index is 2.00. The molecule has 0 unspecified atom stereocenters. The van der Waals surface area contributed by atoms with E-state index in [1.807, 2.05) is 38.1 Å². The van der Waals surface area contributed by atoms with E-state index in [2.05, 4.69) is 35.9 Å². The minimum absolute atomic E-state index is 0.0115. The zero-order valence-corrected chi connectivity index (χ0v) is 15.9. The van der Waals surface area contributed by atoms with E-state index in [4.69, 9.17) is 4.74 Å². The number of aromatic nitrogens is 2. The van der Waals surface area contributed by atoms with Crippen LogP contribution in [0.5, 0.6) is 5.75 Å². The topological polar surface area (TPSA) is 56.1 Å². The number of rotatable bonds is 8. The lowest BCUT2D eigenvalue weighted by atomic mass is 10.1. The number of nitrogens with zero attached hydrogens (tertiary/aromatic N) is 2. The quantitative estimate of drug-likeness (QED) is 0.784. The van der Waals surface area contributed by atoms with E-state index in [1.165, 1.54) is 5.56 Å². The molecule has 5 nitrogen and oxygen atoms in total. The van der Waals surface area contributed by atoms with Crippen LogP contribution < -0.4 is 10.1 Å². The molecule has 0 fully saturated rings. The Morgan fingerprint density at radius 1 is 1.28 bits per heavy atom. The van der Waals surface area contributed by atoms with Gasteiger partial charge in [0.1, 0.15) is 5.75 Å². The third-order valence-corrected chi connectivity index (χ3v) is 4.13. The number of aryl methyl sites for hydroxylation is 1. The van der Waals surface area contributed by atoms with Crippen molar-refractivity contribution in [2.24, 2.45) is 5.92 Å². The molecule has 2 aromatic rings. The lowest BCUT2D eigenvalue weighted by Crippen LogP contribution is -2.14. The van der Waals surface area contributed by atoms with Gasteiger partial charge in [-0.25, -0.2) is 0 Å². The largest absolute Gasteiger partial charge is 0.492 e. The highest BCUT2D eigenvalue weighted by molar-refractivity contribution is 5.92. The van der Waals surface area contributed by atoms with Crippen molar-refractivity contribution in [2.75, 3.05) is 11.9 Å². The zero-order valence-electron chi connectivity index (χ0n) is 15.9. The normalized spacial score (nSPS) is 11.0. The highest BCUT2D eigenvalue weighted by Crippen LogP contribution is 2.24. The maximum Gasteiger partial charge on any atom is 0.224 e. The molecule has 0 saturated carbocycles. The Kier molecular flexibility index (Phi) is 6.62. The van der Waals surface area contributed by atoms with Gasteiger partial charge >= 0.3 is 0 Å². The summed E-state index contributed by atoms with van der Waals surface area (Å²) < 4.78 is 7.60. The highest BCUT2D eigenvalue weighted by atomic mass is 16.5. The van der Waals surface area contributed by atoms with Gasteiger partial charge in [-0.15, -0.1) is 0 Å². The summed E-state index contributed by atoms with van der Waals surface area (Å²) in [6, 6.07) is 7.52. The predicted molar refractivity (Wildman–Crippen MR) is 101 cm³/mol. The summed E-state index contributed by atoms with van der Waals surface area (Å²) in [5.41, 5.74) is 4.07. The minimum atomic E-state index is -0.0115. The van der Waals surface area contributed by atoms with Crippen LogP contribution in [0.25, 0.3) is 0 Å². The van der Waals surface area contributed by atoms with Gasteiger partial charge in [-0.1, -0.05) is 26.0 Å². The summed E-state index contributed by atoms with van der Waals surface area (Å²) in [7, 11) is 0. The molecular formula is C20H29N3O2. The van der Waals surface area contributed by atoms with Crippen LogP contribution in [0, 0.1) is 19.8 Å². The molecule has 25 heavy (non-hydrogen) atoms. The van der Waals surface area contributed by atoms with Crippen LogP contribution in [0.15, 0.2) is 24.3 Å². The van der Waals surface area contributed by atoms with Crippen LogP contribution in [0.3, 0.4) is 0 Å². The van der Waals surface area contributed by atoms with Crippen molar-refractivity contribution in [1.29, 1.82) is 0 Å². The number of carbonyl (C=O) groups excluding carboxylic acids is 1. The Bertz CT molecular complexity index is 720. The number of hydrogen-bond acceptors (Lipinski definition) is 3. The van der Waals surface area contributed by atoms with Crippen LogP contribution >= 0.6 is 0 Å². The second-order valence-electron chi connectivity index (χ2n) is 6.70. The van der Waals surface area contributed by atoms with Gasteiger partial charge in [0.25, 0.3) is 0 Å². The van der Waals surface area contributed by atoms with E-state index in [1.54, 1.807) is 0 Å². The molecule has 0 atom stereocenters. The molecule has 1 N–H and O–H groups in total. The fourth-order valence-corrected chi connectivity index (χ4v) is 2.92. The van der Waals surface area contributed by atoms with Crippen molar-refractivity contribution in [3.63, 3.8) is 0 Å². The Hall–Kier alpha value is -2.30. The Morgan fingerprint density at radius 3 is 2.68 bits per heavy atom. The number of hydrogen-bond donors (Lipinski definition) is 1. The van der Waals surface area contributed by atoms with Crippen molar-refractivity contribution in [3.05, 3.63) is 41.2 Å². The van der Waals surface area contributed by atoms with E-state index in [0.29, 0.717) is 31.1 Å². The molecule has 0 aliphatic carbocycles. The maximum absolute atomic E-state index is 12.4. The first-order chi connectivity index (χ1) is 11.9. The first kappa shape index (κ1) is 19.0. The minimum Gasteiger partial charge on any atom is -0.492 e. The lowest BCUT2D eigenvalue weighted by molar-refractivity contribution is -0.116. The first-order valence-electron chi connectivity index (χ1n) is 8.96. The SMILES string of the molecule is CCOc1ccccc1NC(=O)CCc1c(C)nn(CC(C)C)c1C. The van der Waals surface area contributed by atoms with Gasteiger partial charge in [-0.2, -0.15) is 5.10 Å². The third kappa shape index (κ3) is 5.08. The summed E-state index contributed by atoms with van der Waals surface area (Å²) in [6.07, 6.45) is 1.12. The van der Waals surface area contributed by atoms with E-state index < -0.39 is 0 Å². The van der Waals surface area contributed by atoms with E-state index >= 15 is 0 Å². The molecule has 1 aromatic carbocycles. The monoisotopic (exact) mass is 343 g/mol. The third-order valence-electron chi connectivity index (χ3n) is 4.13. The molecule has 1 aromatic heterocycles. The molecule has 136 valence electrons. The van der Waals surface area contributed by atoms with E-state index in [9.17, 15) is 4.79 Å². The molecule has 0 spiro atoms. The van der Waals surface area contributed by atoms with Crippen molar-refractivity contribution >= 4 is 11.6 Å². The Labute approximate surface area is 150 Å². The Morgan fingerprint density at radius 2 is 2.00 bits per heavy atom. The lowest BCUT2D eigenvalue weighted by Gasteiger charge is -2.11. The number of ether oxygens (including phenoxy) is 1. The van der Waals surface area contributed by atoms with Gasteiger partial charge < -0.3 is 10.1 Å². The van der Waals surface area contributed by atoms with Crippen LogP contribution in [-0.2, 0) is 17.8 Å². The van der Waals surface area contributed by atoms with Gasteiger partial charge in [0.15, 0.2) is 0 Å². The molecule has 0 saturated heterocycles. The molecule has 1 heterocycles. The molecule has 5 heteroatoms. The summed E-state index contributed by atoms with van der Waals surface area (Å²) in [5.74, 6) is 1.24. The summed E-state index contributed by atoms with van der Waals surface area (Å²) in [5, 5.41) is 7.57. The predicted octanol–water partition coefficient (Wildman–Crippen LogP) is 4.13. The van der Waals surface area contributed by atoms with Gasteiger partial charge in [0.2, 0.25) is 5.91 Å². The van der Waals surface area contributed by atoms with Gasteiger partial charge in [0, 0.05) is 18.7 Å². The van der Waals surface area contributed by atoms with Gasteiger partial charge in [-0.3, -0.25) is 9.48 Å². The average molecular weight is 343 g/mol. The summed E-state index contributed by atoms with van der Waals surface area (Å²) >= 11 is 0. The van der Waals surface area contributed by atoms with Crippen LogP contribution in [-0.4, -0.2) is 22.3 Å². The molecule has 0 radical (unpaired) electrons. The summed E-state index contributed by atoms with van der Waals surface area (Å²) in [6.45, 7) is 11.9. The number of carbonyl (C=O) groups is 1. The molecule has 2 rings (SSSR count). The van der Waals surface area contributed by atoms with Crippen molar-refractivity contribution in [1.82, 2.24) is 9.78 Å². The van der Waals surface area contributed by atoms with Crippen molar-refractivity contribution in [2.45, 2.75) is 54.0 Å². The second-order valence-corrected chi connectivity index (χ2v) is 6.70. The number of nitrogens with one attached hydrogen (secondary N) is 1. The van der Waals surface area contributed by atoms with Crippen LogP contribution in [0.4, 0.5) is 5.69 Å². The second kappa shape index (κ2) is 8.70. The van der Waals surface area contributed by atoms with Crippen LogP contribution in [0.2, 0.25) is 0 Å². The van der Waals surface area contributed by atoms with Crippen molar-refractivity contribution in [3.8, 4) is 5.75 Å². The number of anilines is 1. The van der Waals surface area contributed by atoms with Crippen LogP contribution in [0.1, 0.15) is 44.1 Å². The first-order valence-corrected chi connectivity index (χ1v) is 8.96. The molecular weight excluding hydrogens is 314 g/mol. The molecule has 0 bridgehead atoms. The molecule has 0 aliphatic rings. The zero-order chi connectivity index (χ0) is 18.4. The standard InChI is InChI=1S/C20H29N3O2/c1-6-25-19-10-8-7-9-18(19)21-20(24)12-11-17-15(4)22-23(16(17)5)13-14(2)3/h7-10,14H,6,11-13H2,1-5H3,(H,21,24). The average Bonchev–Trinajstić information content (AvgIpc) is 2.81. The highest BCUT2D eigenvalue weighted by Gasteiger charge is 2.14. The van der Waals surface area contributed by atoms with E-state index in [-0.39, 0.29) is 5.91 Å². The van der Waals surface area contributed by atoms with Gasteiger partial charge in [-0.05, 0) is 50.8 Å². The van der Waals surface area contributed by atoms with Crippen molar-refractivity contribution < 1.29 is 9.53 Å². The van der Waals surface area contributed by atoms with E-state index in [0.717, 1.165) is 23.6 Å². The summed E-state index contributed by atoms with van der Waals surface area (Å²) in [4.78, 5) is 12.4. The maximum atomic E-state index is 12.4. The fraction of sp³-hybridized carbons (Fsp3) is 0.500. The number of amides is 1. The smallest absolute Gasteiger partial charge is 0.224 e. The molecule has 0 aliphatic heterocycles.